The van der Waals surface area contributed by atoms with E-state index < -0.39 is 0 Å². The van der Waals surface area contributed by atoms with Gasteiger partial charge in [-0.05, 0) is 47.2 Å². The van der Waals surface area contributed by atoms with Gasteiger partial charge >= 0.3 is 0 Å². The first-order valence-corrected chi connectivity index (χ1v) is 9.72. The third kappa shape index (κ3) is 3.93. The van der Waals surface area contributed by atoms with Crippen LogP contribution in [0.2, 0.25) is 0 Å². The molecule has 0 spiro atoms. The summed E-state index contributed by atoms with van der Waals surface area (Å²) in [6.07, 6.45) is 0.791. The molecule has 0 aliphatic heterocycles. The predicted octanol–water partition coefficient (Wildman–Crippen LogP) is 4.86. The molecule has 1 N–H and O–H groups in total. The Morgan fingerprint density at radius 2 is 1.78 bits per heavy atom. The van der Waals surface area contributed by atoms with Crippen molar-refractivity contribution in [2.45, 2.75) is 13.0 Å². The van der Waals surface area contributed by atoms with Crippen molar-refractivity contribution < 1.29 is 9.18 Å². The van der Waals surface area contributed by atoms with Gasteiger partial charge in [0.2, 0.25) is 0 Å². The fourth-order valence-electron chi connectivity index (χ4n) is 3.16. The Balaban J connectivity index is 1.52. The lowest BCUT2D eigenvalue weighted by Gasteiger charge is -2.11. The summed E-state index contributed by atoms with van der Waals surface area (Å²) < 4.78 is 16.3. The molecule has 0 saturated carbocycles. The van der Waals surface area contributed by atoms with E-state index in [1.165, 1.54) is 17.7 Å². The van der Waals surface area contributed by atoms with Crippen LogP contribution < -0.4 is 5.32 Å². The molecular weight excluding hydrogens is 359 g/mol. The Bertz CT molecular complexity index is 1050. The van der Waals surface area contributed by atoms with Gasteiger partial charge in [-0.2, -0.15) is 0 Å². The average molecular weight is 378 g/mol. The maximum Gasteiger partial charge on any atom is 0.267 e. The number of halogens is 1. The van der Waals surface area contributed by atoms with Crippen LogP contribution in [0.1, 0.15) is 21.6 Å². The quantitative estimate of drug-likeness (QED) is 0.511. The zero-order valence-electron chi connectivity index (χ0n) is 14.7. The first kappa shape index (κ1) is 17.5. The van der Waals surface area contributed by atoms with E-state index in [0.29, 0.717) is 18.8 Å². The largest absolute Gasteiger partial charge is 0.350 e. The highest BCUT2D eigenvalue weighted by Crippen LogP contribution is 2.26. The molecule has 2 heterocycles. The Kier molecular flexibility index (Phi) is 5.03. The topological polar surface area (TPSA) is 34.0 Å². The second kappa shape index (κ2) is 7.76. The van der Waals surface area contributed by atoms with Gasteiger partial charge in [0.15, 0.2) is 0 Å². The third-order valence-electron chi connectivity index (χ3n) is 4.55. The van der Waals surface area contributed by atoms with Crippen LogP contribution >= 0.6 is 11.3 Å². The standard InChI is InChI=1S/C22H19FN2OS/c23-18-8-6-17(7-9-18)15-25-19-11-13-27-21(19)14-20(25)22(26)24-12-10-16-4-2-1-3-5-16/h1-9,11,13-14H,10,12,15H2,(H,24,26). The Morgan fingerprint density at radius 1 is 1.00 bits per heavy atom. The minimum Gasteiger partial charge on any atom is -0.350 e. The molecule has 0 radical (unpaired) electrons. The van der Waals surface area contributed by atoms with Crippen LogP contribution in [0.15, 0.2) is 72.1 Å². The van der Waals surface area contributed by atoms with Crippen LogP contribution in [0.25, 0.3) is 10.2 Å². The van der Waals surface area contributed by atoms with Crippen LogP contribution in [0.3, 0.4) is 0 Å². The van der Waals surface area contributed by atoms with Crippen molar-refractivity contribution in [3.05, 3.63) is 94.7 Å². The Labute approximate surface area is 161 Å². The number of nitrogens with one attached hydrogen (secondary N) is 1. The van der Waals surface area contributed by atoms with Crippen molar-refractivity contribution in [2.75, 3.05) is 6.54 Å². The average Bonchev–Trinajstić information content (AvgIpc) is 3.27. The maximum absolute atomic E-state index is 13.2. The van der Waals surface area contributed by atoms with Gasteiger partial charge in [-0.1, -0.05) is 42.5 Å². The van der Waals surface area contributed by atoms with Crippen LogP contribution in [0, 0.1) is 5.82 Å². The van der Waals surface area contributed by atoms with Gasteiger partial charge in [0.1, 0.15) is 11.5 Å². The molecule has 2 aromatic heterocycles. The van der Waals surface area contributed by atoms with E-state index in [-0.39, 0.29) is 11.7 Å². The fraction of sp³-hybridized carbons (Fsp3) is 0.136. The van der Waals surface area contributed by atoms with E-state index in [4.69, 9.17) is 0 Å². The summed E-state index contributed by atoms with van der Waals surface area (Å²) in [7, 11) is 0. The molecule has 4 aromatic rings. The summed E-state index contributed by atoms with van der Waals surface area (Å²) in [5.41, 5.74) is 3.81. The van der Waals surface area contributed by atoms with Gasteiger partial charge in [0.05, 0.1) is 10.2 Å². The molecule has 0 aliphatic carbocycles. The summed E-state index contributed by atoms with van der Waals surface area (Å²) in [5.74, 6) is -0.345. The van der Waals surface area contributed by atoms with E-state index in [1.807, 2.05) is 40.3 Å². The number of hydrogen-bond donors (Lipinski definition) is 1. The second-order valence-corrected chi connectivity index (χ2v) is 7.35. The van der Waals surface area contributed by atoms with Crippen molar-refractivity contribution in [1.82, 2.24) is 9.88 Å². The molecule has 0 atom stereocenters. The fourth-order valence-corrected chi connectivity index (χ4v) is 3.99. The summed E-state index contributed by atoms with van der Waals surface area (Å²) in [6.45, 7) is 1.11. The van der Waals surface area contributed by atoms with Crippen molar-refractivity contribution in [3.63, 3.8) is 0 Å². The zero-order chi connectivity index (χ0) is 18.6. The summed E-state index contributed by atoms with van der Waals surface area (Å²) >= 11 is 1.61. The van der Waals surface area contributed by atoms with E-state index in [0.717, 1.165) is 22.2 Å². The third-order valence-corrected chi connectivity index (χ3v) is 5.40. The first-order valence-electron chi connectivity index (χ1n) is 8.84. The molecule has 0 aliphatic rings. The number of thiophene rings is 1. The normalized spacial score (nSPS) is 11.0. The van der Waals surface area contributed by atoms with E-state index in [9.17, 15) is 9.18 Å². The number of carbonyl (C=O) groups is 1. The van der Waals surface area contributed by atoms with Gasteiger partial charge < -0.3 is 9.88 Å². The van der Waals surface area contributed by atoms with Gasteiger partial charge in [0.25, 0.3) is 5.91 Å². The Hall–Kier alpha value is -2.92. The number of amides is 1. The molecular formula is C22H19FN2OS. The van der Waals surface area contributed by atoms with Crippen LogP contribution in [0.5, 0.6) is 0 Å². The molecule has 0 saturated heterocycles. The molecule has 5 heteroatoms. The summed E-state index contributed by atoms with van der Waals surface area (Å²) in [5, 5.41) is 5.04. The highest BCUT2D eigenvalue weighted by Gasteiger charge is 2.16. The van der Waals surface area contributed by atoms with Crippen molar-refractivity contribution in [3.8, 4) is 0 Å². The van der Waals surface area contributed by atoms with Crippen molar-refractivity contribution >= 4 is 27.5 Å². The van der Waals surface area contributed by atoms with Gasteiger partial charge in [-0.25, -0.2) is 4.39 Å². The number of hydrogen-bond acceptors (Lipinski definition) is 2. The number of rotatable bonds is 6. The highest BCUT2D eigenvalue weighted by molar-refractivity contribution is 7.17. The zero-order valence-corrected chi connectivity index (χ0v) is 15.5. The number of aromatic nitrogens is 1. The second-order valence-electron chi connectivity index (χ2n) is 6.40. The molecule has 0 bridgehead atoms. The predicted molar refractivity (Wildman–Crippen MR) is 108 cm³/mol. The van der Waals surface area contributed by atoms with E-state index in [2.05, 4.69) is 17.4 Å². The monoisotopic (exact) mass is 378 g/mol. The molecule has 0 fully saturated rings. The summed E-state index contributed by atoms with van der Waals surface area (Å²) in [6, 6.07) is 20.4. The Morgan fingerprint density at radius 3 is 2.56 bits per heavy atom. The molecule has 3 nitrogen and oxygen atoms in total. The molecule has 136 valence electrons. The van der Waals surface area contributed by atoms with Crippen LogP contribution in [-0.2, 0) is 13.0 Å². The minimum atomic E-state index is -0.259. The first-order chi connectivity index (χ1) is 13.2. The lowest BCUT2D eigenvalue weighted by molar-refractivity contribution is 0.0946. The molecule has 0 unspecified atom stereocenters. The molecule has 4 rings (SSSR count). The number of benzene rings is 2. The van der Waals surface area contributed by atoms with Crippen LogP contribution in [0.4, 0.5) is 4.39 Å². The van der Waals surface area contributed by atoms with Crippen molar-refractivity contribution in [1.29, 1.82) is 0 Å². The lowest BCUT2D eigenvalue weighted by atomic mass is 10.1. The van der Waals surface area contributed by atoms with Gasteiger partial charge in [-0.3, -0.25) is 4.79 Å². The minimum absolute atomic E-state index is 0.0866. The smallest absolute Gasteiger partial charge is 0.267 e. The van der Waals surface area contributed by atoms with Crippen LogP contribution in [-0.4, -0.2) is 17.0 Å². The van der Waals surface area contributed by atoms with Crippen molar-refractivity contribution in [2.24, 2.45) is 0 Å². The number of fused-ring (bicyclic) bond motifs is 1. The summed E-state index contributed by atoms with van der Waals surface area (Å²) in [4.78, 5) is 12.8. The highest BCUT2D eigenvalue weighted by atomic mass is 32.1. The molecule has 27 heavy (non-hydrogen) atoms. The number of carbonyl (C=O) groups excluding carboxylic acids is 1. The lowest BCUT2D eigenvalue weighted by Crippen LogP contribution is -2.28. The molecule has 1 amide bonds. The van der Waals surface area contributed by atoms with Gasteiger partial charge in [0, 0.05) is 13.1 Å². The maximum atomic E-state index is 13.2. The van der Waals surface area contributed by atoms with Gasteiger partial charge in [-0.15, -0.1) is 11.3 Å². The number of nitrogens with zero attached hydrogens (tertiary/aromatic N) is 1. The van der Waals surface area contributed by atoms with E-state index >= 15 is 0 Å². The molecule has 2 aromatic carbocycles. The van der Waals surface area contributed by atoms with E-state index in [1.54, 1.807) is 23.5 Å². The SMILES string of the molecule is O=C(NCCc1ccccc1)c1cc2sccc2n1Cc1ccc(F)cc1.